The minimum Gasteiger partial charge on any atom is -0.309 e. The summed E-state index contributed by atoms with van der Waals surface area (Å²) in [4.78, 5) is 14.1. The van der Waals surface area contributed by atoms with Crippen molar-refractivity contribution in [2.24, 2.45) is 0 Å². The second-order valence-electron chi connectivity index (χ2n) is 4.57. The van der Waals surface area contributed by atoms with E-state index in [0.29, 0.717) is 18.3 Å². The second-order valence-corrected chi connectivity index (χ2v) is 4.95. The lowest BCUT2D eigenvalue weighted by Gasteiger charge is -2.35. The number of halogens is 1. The quantitative estimate of drug-likeness (QED) is 0.755. The van der Waals surface area contributed by atoms with Gasteiger partial charge in [-0.2, -0.15) is 0 Å². The zero-order valence-electron chi connectivity index (χ0n) is 10.2. The Bertz CT molecular complexity index is 405. The molecular formula is C14H18ClNO. The Morgan fingerprint density at radius 2 is 2.24 bits per heavy atom. The van der Waals surface area contributed by atoms with Crippen LogP contribution in [0.3, 0.4) is 0 Å². The lowest BCUT2D eigenvalue weighted by atomic mass is 9.96. The molecule has 0 saturated carbocycles. The summed E-state index contributed by atoms with van der Waals surface area (Å²) in [6.07, 6.45) is 3.41. The molecule has 1 aromatic rings. The number of carbonyl (C=O) groups is 1. The first-order valence-corrected chi connectivity index (χ1v) is 6.73. The van der Waals surface area contributed by atoms with E-state index in [1.54, 1.807) is 0 Å². The zero-order chi connectivity index (χ0) is 12.3. The van der Waals surface area contributed by atoms with Gasteiger partial charge >= 0.3 is 0 Å². The monoisotopic (exact) mass is 251 g/mol. The Morgan fingerprint density at radius 3 is 3.00 bits per heavy atom. The fourth-order valence-electron chi connectivity index (χ4n) is 2.41. The predicted octanol–water partition coefficient (Wildman–Crippen LogP) is 3.37. The van der Waals surface area contributed by atoms with Crippen LogP contribution in [0.5, 0.6) is 0 Å². The maximum absolute atomic E-state index is 12.2. The first kappa shape index (κ1) is 12.4. The molecule has 0 fully saturated rings. The van der Waals surface area contributed by atoms with Crippen molar-refractivity contribution >= 4 is 23.2 Å². The summed E-state index contributed by atoms with van der Waals surface area (Å²) in [6.45, 7) is 2.12. The Morgan fingerprint density at radius 1 is 1.47 bits per heavy atom. The standard InChI is InChI=1S/C14H18ClNO/c1-11-8-9-12-5-2-3-6-13(12)16(11)14(17)7-4-10-15/h2-3,5-6,11H,4,7-10H2,1H3. The Labute approximate surface area is 108 Å². The smallest absolute Gasteiger partial charge is 0.227 e. The number of rotatable bonds is 3. The summed E-state index contributed by atoms with van der Waals surface area (Å²) in [5.41, 5.74) is 2.37. The number of aryl methyl sites for hydroxylation is 1. The van der Waals surface area contributed by atoms with Crippen LogP contribution in [0.4, 0.5) is 5.69 Å². The molecule has 2 rings (SSSR count). The molecule has 1 atom stereocenters. The molecule has 2 nitrogen and oxygen atoms in total. The van der Waals surface area contributed by atoms with Crippen LogP contribution in [-0.4, -0.2) is 17.8 Å². The van der Waals surface area contributed by atoms with Crippen LogP contribution in [0.15, 0.2) is 24.3 Å². The number of nitrogens with zero attached hydrogens (tertiary/aromatic N) is 1. The molecule has 92 valence electrons. The molecule has 1 amide bonds. The van der Waals surface area contributed by atoms with Gasteiger partial charge in [0.2, 0.25) is 5.91 Å². The SMILES string of the molecule is CC1CCc2ccccc2N1C(=O)CCCCl. The van der Waals surface area contributed by atoms with Crippen LogP contribution in [-0.2, 0) is 11.2 Å². The summed E-state index contributed by atoms with van der Waals surface area (Å²) in [6, 6.07) is 8.49. The molecule has 0 aliphatic carbocycles. The van der Waals surface area contributed by atoms with Gasteiger partial charge in [0.25, 0.3) is 0 Å². The third-order valence-electron chi connectivity index (χ3n) is 3.32. The molecule has 0 bridgehead atoms. The maximum Gasteiger partial charge on any atom is 0.227 e. The number of alkyl halides is 1. The highest BCUT2D eigenvalue weighted by Crippen LogP contribution is 2.31. The van der Waals surface area contributed by atoms with Crippen LogP contribution >= 0.6 is 11.6 Å². The molecule has 1 unspecified atom stereocenters. The van der Waals surface area contributed by atoms with Crippen molar-refractivity contribution < 1.29 is 4.79 Å². The molecule has 17 heavy (non-hydrogen) atoms. The van der Waals surface area contributed by atoms with Gasteiger partial charge in [0.1, 0.15) is 0 Å². The molecule has 0 N–H and O–H groups in total. The Hall–Kier alpha value is -1.02. The number of fused-ring (bicyclic) bond motifs is 1. The molecule has 0 aromatic heterocycles. The fraction of sp³-hybridized carbons (Fsp3) is 0.500. The van der Waals surface area contributed by atoms with Gasteiger partial charge < -0.3 is 4.90 Å². The van der Waals surface area contributed by atoms with E-state index < -0.39 is 0 Å². The van der Waals surface area contributed by atoms with Gasteiger partial charge in [0, 0.05) is 24.0 Å². The summed E-state index contributed by atoms with van der Waals surface area (Å²) < 4.78 is 0. The van der Waals surface area contributed by atoms with Crippen molar-refractivity contribution in [3.05, 3.63) is 29.8 Å². The molecule has 0 saturated heterocycles. The number of para-hydroxylation sites is 1. The first-order valence-electron chi connectivity index (χ1n) is 6.20. The molecule has 0 radical (unpaired) electrons. The van der Waals surface area contributed by atoms with Crippen LogP contribution in [0, 0.1) is 0 Å². The number of hydrogen-bond donors (Lipinski definition) is 0. The van der Waals surface area contributed by atoms with Gasteiger partial charge in [-0.15, -0.1) is 11.6 Å². The summed E-state index contributed by atoms with van der Waals surface area (Å²) in [5, 5.41) is 0. The van der Waals surface area contributed by atoms with Crippen molar-refractivity contribution in [2.75, 3.05) is 10.8 Å². The molecule has 3 heteroatoms. The minimum absolute atomic E-state index is 0.199. The third-order valence-corrected chi connectivity index (χ3v) is 3.58. The van der Waals surface area contributed by atoms with Crippen molar-refractivity contribution in [3.8, 4) is 0 Å². The molecule has 1 heterocycles. The van der Waals surface area contributed by atoms with E-state index in [1.807, 2.05) is 23.1 Å². The lowest BCUT2D eigenvalue weighted by Crippen LogP contribution is -2.42. The first-order chi connectivity index (χ1) is 8.24. The molecule has 0 spiro atoms. The maximum atomic E-state index is 12.2. The highest BCUT2D eigenvalue weighted by molar-refractivity contribution is 6.18. The van der Waals surface area contributed by atoms with Crippen molar-refractivity contribution in [3.63, 3.8) is 0 Å². The average molecular weight is 252 g/mol. The van der Waals surface area contributed by atoms with Gasteiger partial charge in [-0.1, -0.05) is 18.2 Å². The molecule has 1 aromatic carbocycles. The second kappa shape index (κ2) is 5.54. The number of carbonyl (C=O) groups excluding carboxylic acids is 1. The highest BCUT2D eigenvalue weighted by Gasteiger charge is 2.27. The van der Waals surface area contributed by atoms with Crippen LogP contribution in [0.25, 0.3) is 0 Å². The van der Waals surface area contributed by atoms with E-state index in [4.69, 9.17) is 11.6 Å². The van der Waals surface area contributed by atoms with E-state index in [0.717, 1.165) is 24.9 Å². The normalized spacial score (nSPS) is 18.9. The topological polar surface area (TPSA) is 20.3 Å². The number of benzene rings is 1. The predicted molar refractivity (Wildman–Crippen MR) is 71.7 cm³/mol. The largest absolute Gasteiger partial charge is 0.309 e. The number of anilines is 1. The van der Waals surface area contributed by atoms with Crippen molar-refractivity contribution in [2.45, 2.75) is 38.6 Å². The number of hydrogen-bond acceptors (Lipinski definition) is 1. The molecule has 1 aliphatic heterocycles. The van der Waals surface area contributed by atoms with Crippen LogP contribution < -0.4 is 4.90 Å². The summed E-state index contributed by atoms with van der Waals surface area (Å²) in [7, 11) is 0. The average Bonchev–Trinajstić information content (AvgIpc) is 2.35. The van der Waals surface area contributed by atoms with Gasteiger partial charge in [-0.3, -0.25) is 4.79 Å². The molecular weight excluding hydrogens is 234 g/mol. The lowest BCUT2D eigenvalue weighted by molar-refractivity contribution is -0.119. The Balaban J connectivity index is 2.23. The van der Waals surface area contributed by atoms with Gasteiger partial charge in [0.15, 0.2) is 0 Å². The zero-order valence-corrected chi connectivity index (χ0v) is 10.9. The van der Waals surface area contributed by atoms with E-state index in [9.17, 15) is 4.79 Å². The van der Waals surface area contributed by atoms with E-state index in [-0.39, 0.29) is 5.91 Å². The van der Waals surface area contributed by atoms with E-state index in [1.165, 1.54) is 5.56 Å². The van der Waals surface area contributed by atoms with Gasteiger partial charge in [-0.05, 0) is 37.8 Å². The van der Waals surface area contributed by atoms with E-state index >= 15 is 0 Å². The van der Waals surface area contributed by atoms with Crippen molar-refractivity contribution in [1.29, 1.82) is 0 Å². The van der Waals surface area contributed by atoms with Crippen molar-refractivity contribution in [1.82, 2.24) is 0 Å². The van der Waals surface area contributed by atoms with Crippen LogP contribution in [0.2, 0.25) is 0 Å². The van der Waals surface area contributed by atoms with Crippen LogP contribution in [0.1, 0.15) is 31.7 Å². The Kier molecular flexibility index (Phi) is 4.06. The highest BCUT2D eigenvalue weighted by atomic mass is 35.5. The van der Waals surface area contributed by atoms with Gasteiger partial charge in [-0.25, -0.2) is 0 Å². The summed E-state index contributed by atoms with van der Waals surface area (Å²) >= 11 is 5.65. The van der Waals surface area contributed by atoms with E-state index in [2.05, 4.69) is 13.0 Å². The fourth-order valence-corrected chi connectivity index (χ4v) is 2.54. The minimum atomic E-state index is 0.199. The summed E-state index contributed by atoms with van der Waals surface area (Å²) in [5.74, 6) is 0.751. The van der Waals surface area contributed by atoms with Gasteiger partial charge in [0.05, 0.1) is 0 Å². The third kappa shape index (κ3) is 2.63. The molecule has 1 aliphatic rings. The number of amides is 1.